The molecule has 0 aliphatic heterocycles. The molecule has 0 fully saturated rings. The third kappa shape index (κ3) is 7.84. The highest BCUT2D eigenvalue weighted by atomic mass is 32.2. The highest BCUT2D eigenvalue weighted by Gasteiger charge is 2.52. The first-order valence-electron chi connectivity index (χ1n) is 15.1. The number of fused-ring (bicyclic) bond motifs is 1. The van der Waals surface area contributed by atoms with Gasteiger partial charge in [-0.15, -0.1) is 0 Å². The Morgan fingerprint density at radius 1 is 0.930 bits per heavy atom. The van der Waals surface area contributed by atoms with Crippen LogP contribution in [0.25, 0.3) is 0 Å². The first-order chi connectivity index (χ1) is 20.3. The largest absolute Gasteiger partial charge is 0.534 e. The van der Waals surface area contributed by atoms with E-state index in [0.717, 1.165) is 29.9 Å². The van der Waals surface area contributed by atoms with Crippen molar-refractivity contribution in [3.05, 3.63) is 90.0 Å². The summed E-state index contributed by atoms with van der Waals surface area (Å²) in [7, 11) is -2.80. The molecule has 1 aliphatic carbocycles. The number of carbonyl (C=O) groups is 2. The Morgan fingerprint density at radius 3 is 2.07 bits per heavy atom. The van der Waals surface area contributed by atoms with Crippen molar-refractivity contribution < 1.29 is 18.8 Å². The molecule has 8 heteroatoms. The van der Waals surface area contributed by atoms with Gasteiger partial charge in [0.1, 0.15) is 17.4 Å². The lowest BCUT2D eigenvalue weighted by molar-refractivity contribution is -0.124. The van der Waals surface area contributed by atoms with Crippen LogP contribution in [0.3, 0.4) is 0 Å². The molecule has 0 saturated carbocycles. The first-order valence-corrected chi connectivity index (χ1v) is 18.4. The Labute approximate surface area is 262 Å². The summed E-state index contributed by atoms with van der Waals surface area (Å²) in [6.07, 6.45) is 3.59. The number of amides is 2. The molecule has 2 N–H and O–H groups in total. The molecule has 3 aromatic rings. The van der Waals surface area contributed by atoms with Crippen LogP contribution in [0.2, 0.25) is 5.04 Å². The van der Waals surface area contributed by atoms with Crippen molar-refractivity contribution >= 4 is 42.5 Å². The van der Waals surface area contributed by atoms with E-state index in [9.17, 15) is 9.59 Å². The number of hydrogen-bond donors (Lipinski definition) is 2. The number of hydrogen-bond acceptors (Lipinski definition) is 5. The van der Waals surface area contributed by atoms with Crippen LogP contribution in [0.5, 0.6) is 5.75 Å². The van der Waals surface area contributed by atoms with E-state index in [4.69, 9.17) is 9.16 Å². The summed E-state index contributed by atoms with van der Waals surface area (Å²) in [4.78, 5) is 26.0. The molecule has 0 bridgehead atoms. The van der Waals surface area contributed by atoms with Gasteiger partial charge in [-0.05, 0) is 90.7 Å². The molecule has 0 radical (unpaired) electrons. The van der Waals surface area contributed by atoms with Crippen molar-refractivity contribution in [2.24, 2.45) is 0 Å². The summed E-state index contributed by atoms with van der Waals surface area (Å²) in [5, 5.41) is 8.29. The maximum absolute atomic E-state index is 13.5. The lowest BCUT2D eigenvalue weighted by Crippen LogP contribution is -2.68. The van der Waals surface area contributed by atoms with Crippen molar-refractivity contribution in [3.63, 3.8) is 0 Å². The highest BCUT2D eigenvalue weighted by Crippen LogP contribution is 2.40. The molecule has 6 nitrogen and oxygen atoms in total. The smallest absolute Gasteiger partial charge is 0.408 e. The fourth-order valence-electron chi connectivity index (χ4n) is 5.85. The Morgan fingerprint density at radius 2 is 1.53 bits per heavy atom. The van der Waals surface area contributed by atoms with Gasteiger partial charge in [0.2, 0.25) is 5.91 Å². The van der Waals surface area contributed by atoms with Gasteiger partial charge in [0.05, 0.1) is 6.04 Å². The molecular formula is C35H46N2O4SSi. The van der Waals surface area contributed by atoms with Gasteiger partial charge in [0.15, 0.2) is 0 Å². The molecule has 0 saturated heterocycles. The molecule has 43 heavy (non-hydrogen) atoms. The molecule has 0 heterocycles. The molecular weight excluding hydrogens is 573 g/mol. The SMILES string of the molecule is CSCC[C@H](NC(=O)OC(C)(C)C)C(=O)N[C@H]1CCc2ccc(O[Si](c3ccccc3)(c3ccccc3)C(C)(C)C)cc21. The summed E-state index contributed by atoms with van der Waals surface area (Å²) in [5.41, 5.74) is 1.64. The molecule has 1 aliphatic rings. The number of rotatable bonds is 10. The second kappa shape index (κ2) is 13.6. The lowest BCUT2D eigenvalue weighted by atomic mass is 10.1. The number of aryl methyl sites for hydroxylation is 1. The number of nitrogens with one attached hydrogen (secondary N) is 2. The molecule has 2 amide bonds. The Balaban J connectivity index is 1.63. The Kier molecular flexibility index (Phi) is 10.3. The highest BCUT2D eigenvalue weighted by molar-refractivity contribution is 7.98. The maximum atomic E-state index is 13.5. The van der Waals surface area contributed by atoms with Crippen LogP contribution in [0.1, 0.15) is 71.6 Å². The second-order valence-electron chi connectivity index (χ2n) is 13.2. The zero-order chi connectivity index (χ0) is 31.3. The lowest BCUT2D eigenvalue weighted by Gasteiger charge is -2.43. The van der Waals surface area contributed by atoms with Crippen molar-refractivity contribution in [1.29, 1.82) is 0 Å². The minimum Gasteiger partial charge on any atom is -0.534 e. The monoisotopic (exact) mass is 618 g/mol. The summed E-state index contributed by atoms with van der Waals surface area (Å²) >= 11 is 1.64. The number of carbonyl (C=O) groups excluding carboxylic acids is 2. The zero-order valence-corrected chi connectivity index (χ0v) is 28.3. The van der Waals surface area contributed by atoms with E-state index in [2.05, 4.69) is 98.1 Å². The fraction of sp³-hybridized carbons (Fsp3) is 0.429. The van der Waals surface area contributed by atoms with Crippen molar-refractivity contribution in [2.45, 2.75) is 83.5 Å². The normalized spacial score (nSPS) is 15.7. The third-order valence-corrected chi connectivity index (χ3v) is 13.4. The molecule has 0 aromatic heterocycles. The van der Waals surface area contributed by atoms with Crippen LogP contribution in [-0.2, 0) is 16.0 Å². The molecule has 3 aromatic carbocycles. The summed E-state index contributed by atoms with van der Waals surface area (Å²) < 4.78 is 12.7. The minimum atomic E-state index is -2.80. The second-order valence-corrected chi connectivity index (χ2v) is 18.4. The number of benzene rings is 3. The predicted molar refractivity (Wildman–Crippen MR) is 180 cm³/mol. The molecule has 0 spiro atoms. The average molecular weight is 619 g/mol. The Bertz CT molecular complexity index is 1350. The van der Waals surface area contributed by atoms with E-state index >= 15 is 0 Å². The van der Waals surface area contributed by atoms with Gasteiger partial charge in [-0.1, -0.05) is 87.5 Å². The number of thioether (sulfide) groups is 1. The molecule has 2 atom stereocenters. The third-order valence-electron chi connectivity index (χ3n) is 7.82. The van der Waals surface area contributed by atoms with Gasteiger partial charge in [0, 0.05) is 0 Å². The van der Waals surface area contributed by atoms with Crippen LogP contribution in [-0.4, -0.2) is 44.0 Å². The molecule has 4 rings (SSSR count). The van der Waals surface area contributed by atoms with E-state index in [-0.39, 0.29) is 17.0 Å². The van der Waals surface area contributed by atoms with Gasteiger partial charge >= 0.3 is 14.4 Å². The van der Waals surface area contributed by atoms with E-state index < -0.39 is 26.1 Å². The fourth-order valence-corrected chi connectivity index (χ4v) is 10.7. The van der Waals surface area contributed by atoms with Gasteiger partial charge in [0.25, 0.3) is 0 Å². The average Bonchev–Trinajstić information content (AvgIpc) is 3.34. The van der Waals surface area contributed by atoms with Crippen molar-refractivity contribution in [3.8, 4) is 5.75 Å². The maximum Gasteiger partial charge on any atom is 0.408 e. The van der Waals surface area contributed by atoms with Crippen LogP contribution in [0.15, 0.2) is 78.9 Å². The predicted octanol–water partition coefficient (Wildman–Crippen LogP) is 6.38. The summed E-state index contributed by atoms with van der Waals surface area (Å²) in [6.45, 7) is 12.2. The van der Waals surface area contributed by atoms with Crippen LogP contribution < -0.4 is 25.4 Å². The van der Waals surface area contributed by atoms with Crippen molar-refractivity contribution in [1.82, 2.24) is 10.6 Å². The number of alkyl carbamates (subject to hydrolysis) is 1. The van der Waals surface area contributed by atoms with Crippen molar-refractivity contribution in [2.75, 3.05) is 12.0 Å². The number of ether oxygens (including phenoxy) is 1. The standard InChI is InChI=1S/C35H46N2O4SSi/c1-34(2,3)40-33(39)37-31(22-23-42-7)32(38)36-30-21-19-25-18-20-26(24-29(25)30)41-43(35(4,5)6,27-14-10-8-11-15-27)28-16-12-9-13-17-28/h8-18,20,24,30-31H,19,21-23H2,1-7H3,(H,36,38)(H,37,39)/t30-,31-/m0/s1. The van der Waals surface area contributed by atoms with Gasteiger partial charge in [-0.25, -0.2) is 4.79 Å². The Hall–Kier alpha value is -3.23. The van der Waals surface area contributed by atoms with Gasteiger partial charge in [-0.3, -0.25) is 4.79 Å². The van der Waals surface area contributed by atoms with E-state index in [1.54, 1.807) is 11.8 Å². The molecule has 230 valence electrons. The summed E-state index contributed by atoms with van der Waals surface area (Å²) in [6, 6.07) is 26.7. The minimum absolute atomic E-state index is 0.164. The van der Waals surface area contributed by atoms with E-state index in [1.807, 2.05) is 39.2 Å². The van der Waals surface area contributed by atoms with Gasteiger partial charge in [-0.2, -0.15) is 11.8 Å². The van der Waals surface area contributed by atoms with Crippen LogP contribution >= 0.6 is 11.8 Å². The van der Waals surface area contributed by atoms with Crippen LogP contribution in [0.4, 0.5) is 4.79 Å². The molecule has 0 unspecified atom stereocenters. The summed E-state index contributed by atoms with van der Waals surface area (Å²) in [5.74, 6) is 1.35. The topological polar surface area (TPSA) is 76.7 Å². The zero-order valence-electron chi connectivity index (χ0n) is 26.5. The quantitative estimate of drug-likeness (QED) is 0.258. The van der Waals surface area contributed by atoms with Crippen LogP contribution in [0, 0.1) is 0 Å². The van der Waals surface area contributed by atoms with Gasteiger partial charge < -0.3 is 19.8 Å². The van der Waals surface area contributed by atoms with E-state index in [0.29, 0.717) is 6.42 Å². The first kappa shape index (κ1) is 32.7. The van der Waals surface area contributed by atoms with E-state index in [1.165, 1.54) is 15.9 Å².